The minimum absolute atomic E-state index is 0.0262. The molecule has 1 aliphatic rings. The maximum Gasteiger partial charge on any atom is 0.407 e. The number of likely N-dealkylation sites (tertiary alicyclic amines) is 1. The predicted molar refractivity (Wildman–Crippen MR) is 100 cm³/mol. The van der Waals surface area contributed by atoms with Crippen molar-refractivity contribution in [3.63, 3.8) is 0 Å². The summed E-state index contributed by atoms with van der Waals surface area (Å²) in [4.78, 5) is 26.0. The molecular weight excluding hydrogens is 332 g/mol. The van der Waals surface area contributed by atoms with Gasteiger partial charge in [0.05, 0.1) is 12.2 Å². The summed E-state index contributed by atoms with van der Waals surface area (Å²) in [6.07, 6.45) is 0.455. The van der Waals surface area contributed by atoms with Crippen molar-refractivity contribution in [1.82, 2.24) is 10.2 Å². The topological polar surface area (TPSA) is 67.9 Å². The normalized spacial score (nSPS) is 21.1. The van der Waals surface area contributed by atoms with Gasteiger partial charge >= 0.3 is 12.1 Å². The molecule has 1 aliphatic heterocycles. The molecule has 1 fully saturated rings. The summed E-state index contributed by atoms with van der Waals surface area (Å²) in [5, 5.41) is 2.97. The molecule has 1 heterocycles. The second-order valence-electron chi connectivity index (χ2n) is 7.84. The van der Waals surface area contributed by atoms with E-state index >= 15 is 0 Å². The highest BCUT2D eigenvalue weighted by atomic mass is 16.6. The number of ether oxygens (including phenoxy) is 2. The molecular formula is C20H30N2O4. The number of rotatable bonds is 4. The Morgan fingerprint density at radius 2 is 1.85 bits per heavy atom. The van der Waals surface area contributed by atoms with Crippen molar-refractivity contribution >= 4 is 12.1 Å². The lowest BCUT2D eigenvalue weighted by Crippen LogP contribution is -2.49. The number of nitrogens with zero attached hydrogens (tertiary/aromatic N) is 1. The van der Waals surface area contributed by atoms with Crippen LogP contribution < -0.4 is 5.32 Å². The lowest BCUT2D eigenvalue weighted by molar-refractivity contribution is 0.0470. The van der Waals surface area contributed by atoms with Gasteiger partial charge in [0.1, 0.15) is 5.60 Å². The second kappa shape index (κ2) is 8.54. The van der Waals surface area contributed by atoms with Crippen molar-refractivity contribution in [1.29, 1.82) is 0 Å². The first-order valence-corrected chi connectivity index (χ1v) is 9.13. The molecule has 0 saturated carbocycles. The number of hydrogen-bond donors (Lipinski definition) is 1. The number of alkyl carbamates (subject to hydrolysis) is 1. The van der Waals surface area contributed by atoms with Crippen LogP contribution in [0.3, 0.4) is 0 Å². The minimum atomic E-state index is -0.507. The lowest BCUT2D eigenvalue weighted by Gasteiger charge is -2.36. The number of amides is 1. The number of piperidine rings is 1. The van der Waals surface area contributed by atoms with E-state index < -0.39 is 5.60 Å². The van der Waals surface area contributed by atoms with E-state index in [2.05, 4.69) is 10.2 Å². The average Bonchev–Trinajstić information content (AvgIpc) is 2.52. The van der Waals surface area contributed by atoms with Gasteiger partial charge in [-0.15, -0.1) is 0 Å². The smallest absolute Gasteiger partial charge is 0.407 e. The Morgan fingerprint density at radius 3 is 2.42 bits per heavy atom. The Labute approximate surface area is 155 Å². The first kappa shape index (κ1) is 20.2. The van der Waals surface area contributed by atoms with Crippen LogP contribution in [0.25, 0.3) is 0 Å². The van der Waals surface area contributed by atoms with E-state index in [1.807, 2.05) is 40.0 Å². The number of likely N-dealkylation sites (N-methyl/N-ethyl adjacent to an activating group) is 1. The second-order valence-corrected chi connectivity index (χ2v) is 7.84. The number of carbonyl (C=O) groups excluding carboxylic acids is 2. The largest absolute Gasteiger partial charge is 0.462 e. The molecule has 1 aromatic carbocycles. The van der Waals surface area contributed by atoms with Gasteiger partial charge in [-0.2, -0.15) is 0 Å². The molecule has 0 radical (unpaired) electrons. The fourth-order valence-electron chi connectivity index (χ4n) is 3.25. The van der Waals surface area contributed by atoms with Crippen LogP contribution in [-0.2, 0) is 9.47 Å². The van der Waals surface area contributed by atoms with Crippen LogP contribution in [0.4, 0.5) is 4.79 Å². The van der Waals surface area contributed by atoms with Gasteiger partial charge in [0.25, 0.3) is 0 Å². The molecule has 6 nitrogen and oxygen atoms in total. The van der Waals surface area contributed by atoms with Crippen LogP contribution in [0, 0.1) is 0 Å². The molecule has 0 unspecified atom stereocenters. The van der Waals surface area contributed by atoms with Crippen LogP contribution >= 0.6 is 0 Å². The maximum absolute atomic E-state index is 12.1. The SMILES string of the molecule is CCOC(=O)c1ccc([C@@H]2C[C@H](NC(=O)OC(C)(C)C)CN(C)C2)cc1. The van der Waals surface area contributed by atoms with Crippen LogP contribution in [0.15, 0.2) is 24.3 Å². The highest BCUT2D eigenvalue weighted by Gasteiger charge is 2.29. The Kier molecular flexibility index (Phi) is 6.64. The zero-order chi connectivity index (χ0) is 19.3. The zero-order valence-corrected chi connectivity index (χ0v) is 16.4. The van der Waals surface area contributed by atoms with E-state index in [9.17, 15) is 9.59 Å². The van der Waals surface area contributed by atoms with Crippen LogP contribution in [0.2, 0.25) is 0 Å². The number of esters is 1. The van der Waals surface area contributed by atoms with Crippen molar-refractivity contribution in [3.05, 3.63) is 35.4 Å². The molecule has 1 amide bonds. The van der Waals surface area contributed by atoms with E-state index in [1.54, 1.807) is 19.1 Å². The third-order valence-corrected chi connectivity index (χ3v) is 4.25. The highest BCUT2D eigenvalue weighted by molar-refractivity contribution is 5.89. The number of carbonyl (C=O) groups is 2. The molecule has 0 aliphatic carbocycles. The van der Waals surface area contributed by atoms with E-state index in [-0.39, 0.29) is 24.0 Å². The fraction of sp³-hybridized carbons (Fsp3) is 0.600. The van der Waals surface area contributed by atoms with Crippen molar-refractivity contribution in [2.24, 2.45) is 0 Å². The van der Waals surface area contributed by atoms with E-state index in [1.165, 1.54) is 0 Å². The summed E-state index contributed by atoms with van der Waals surface area (Å²) in [5.41, 5.74) is 1.20. The molecule has 0 spiro atoms. The first-order chi connectivity index (χ1) is 12.2. The van der Waals surface area contributed by atoms with Crippen molar-refractivity contribution in [2.45, 2.75) is 51.7 Å². The van der Waals surface area contributed by atoms with E-state index in [4.69, 9.17) is 9.47 Å². The highest BCUT2D eigenvalue weighted by Crippen LogP contribution is 2.27. The number of nitrogens with one attached hydrogen (secondary N) is 1. The third-order valence-electron chi connectivity index (χ3n) is 4.25. The Bertz CT molecular complexity index is 622. The van der Waals surface area contributed by atoms with Gasteiger partial charge < -0.3 is 19.7 Å². The van der Waals surface area contributed by atoms with Gasteiger partial charge in [0.15, 0.2) is 0 Å². The summed E-state index contributed by atoms with van der Waals surface area (Å²) < 4.78 is 10.4. The van der Waals surface area contributed by atoms with Gasteiger partial charge in [-0.25, -0.2) is 9.59 Å². The van der Waals surface area contributed by atoms with Crippen molar-refractivity contribution < 1.29 is 19.1 Å². The predicted octanol–water partition coefficient (Wildman–Crippen LogP) is 3.18. The summed E-state index contributed by atoms with van der Waals surface area (Å²) in [6.45, 7) is 9.42. The molecule has 0 bridgehead atoms. The van der Waals surface area contributed by atoms with Crippen LogP contribution in [0.1, 0.15) is 56.0 Å². The molecule has 144 valence electrons. The molecule has 1 N–H and O–H groups in total. The summed E-state index contributed by atoms with van der Waals surface area (Å²) in [5.74, 6) is -0.0192. The third kappa shape index (κ3) is 6.02. The minimum Gasteiger partial charge on any atom is -0.462 e. The molecule has 1 aromatic rings. The Hall–Kier alpha value is -2.08. The van der Waals surface area contributed by atoms with Crippen molar-refractivity contribution in [3.8, 4) is 0 Å². The standard InChI is InChI=1S/C20H30N2O4/c1-6-25-18(23)15-9-7-14(8-10-15)16-11-17(13-22(5)12-16)21-19(24)26-20(2,3)4/h7-10,16-17H,6,11-13H2,1-5H3,(H,21,24)/t16-,17+/m1/s1. The summed E-state index contributed by atoms with van der Waals surface area (Å²) in [7, 11) is 2.04. The lowest BCUT2D eigenvalue weighted by atomic mass is 9.88. The fourth-order valence-corrected chi connectivity index (χ4v) is 3.25. The van der Waals surface area contributed by atoms with Gasteiger partial charge in [-0.05, 0) is 64.8 Å². The first-order valence-electron chi connectivity index (χ1n) is 9.13. The monoisotopic (exact) mass is 362 g/mol. The van der Waals surface area contributed by atoms with Crippen LogP contribution in [-0.4, -0.2) is 55.3 Å². The summed E-state index contributed by atoms with van der Waals surface area (Å²) >= 11 is 0. The molecule has 0 aromatic heterocycles. The maximum atomic E-state index is 12.1. The van der Waals surface area contributed by atoms with Gasteiger partial charge in [0, 0.05) is 19.1 Å². The molecule has 6 heteroatoms. The zero-order valence-electron chi connectivity index (χ0n) is 16.4. The quantitative estimate of drug-likeness (QED) is 0.833. The molecule has 1 saturated heterocycles. The molecule has 2 rings (SSSR count). The summed E-state index contributed by atoms with van der Waals surface area (Å²) in [6, 6.07) is 7.58. The van der Waals surface area contributed by atoms with E-state index in [0.29, 0.717) is 12.2 Å². The Morgan fingerprint density at radius 1 is 1.19 bits per heavy atom. The number of benzene rings is 1. The Balaban J connectivity index is 2.01. The van der Waals surface area contributed by atoms with Crippen LogP contribution in [0.5, 0.6) is 0 Å². The van der Waals surface area contributed by atoms with Crippen molar-refractivity contribution in [2.75, 3.05) is 26.7 Å². The number of hydrogen-bond acceptors (Lipinski definition) is 5. The molecule has 2 atom stereocenters. The van der Waals surface area contributed by atoms with E-state index in [0.717, 1.165) is 25.1 Å². The van der Waals surface area contributed by atoms with Gasteiger partial charge in [-0.1, -0.05) is 12.1 Å². The average molecular weight is 362 g/mol. The van der Waals surface area contributed by atoms with Gasteiger partial charge in [-0.3, -0.25) is 0 Å². The molecule has 26 heavy (non-hydrogen) atoms. The van der Waals surface area contributed by atoms with Gasteiger partial charge in [0.2, 0.25) is 0 Å².